The fourth-order valence-corrected chi connectivity index (χ4v) is 2.40. The Bertz CT molecular complexity index is 130. The minimum atomic E-state index is 0.471. The van der Waals surface area contributed by atoms with Crippen LogP contribution in [0.1, 0.15) is 19.8 Å². The van der Waals surface area contributed by atoms with E-state index < -0.39 is 0 Å². The van der Waals surface area contributed by atoms with Crippen molar-refractivity contribution in [2.45, 2.75) is 37.9 Å². The molecule has 1 rings (SSSR count). The van der Waals surface area contributed by atoms with Crippen LogP contribution in [0.5, 0.6) is 0 Å². The summed E-state index contributed by atoms with van der Waals surface area (Å²) in [5.74, 6) is 1.22. The first-order valence-electron chi connectivity index (χ1n) is 4.61. The predicted octanol–water partition coefficient (Wildman–Crippen LogP) is 1.16. The highest BCUT2D eigenvalue weighted by Gasteiger charge is 2.30. The lowest BCUT2D eigenvalue weighted by molar-refractivity contribution is 0.111. The quantitative estimate of drug-likeness (QED) is 0.718. The summed E-state index contributed by atoms with van der Waals surface area (Å²) >= 11 is 1.92. The summed E-state index contributed by atoms with van der Waals surface area (Å²) in [6.45, 7) is 2.29. The summed E-state index contributed by atoms with van der Waals surface area (Å²) < 4.78 is 0. The van der Waals surface area contributed by atoms with Gasteiger partial charge in [0.15, 0.2) is 0 Å². The van der Waals surface area contributed by atoms with E-state index in [2.05, 4.69) is 25.1 Å². The average molecular weight is 188 g/mol. The molecule has 1 saturated carbocycles. The molecular weight excluding hydrogens is 168 g/mol. The largest absolute Gasteiger partial charge is 0.328 e. The van der Waals surface area contributed by atoms with E-state index in [9.17, 15) is 0 Å². The maximum atomic E-state index is 5.75. The second-order valence-corrected chi connectivity index (χ2v) is 4.77. The summed E-state index contributed by atoms with van der Waals surface area (Å²) in [6.07, 6.45) is 4.54. The Hall–Kier alpha value is 0.270. The molecule has 0 aromatic carbocycles. The molecule has 0 aliphatic heterocycles. The lowest BCUT2D eigenvalue weighted by Gasteiger charge is -2.42. The molecule has 0 aromatic rings. The van der Waals surface area contributed by atoms with Gasteiger partial charge in [0.1, 0.15) is 0 Å². The molecule has 0 saturated heterocycles. The molecule has 2 nitrogen and oxygen atoms in total. The molecule has 3 heteroatoms. The van der Waals surface area contributed by atoms with Crippen LogP contribution in [0, 0.1) is 0 Å². The second kappa shape index (κ2) is 4.49. The zero-order valence-corrected chi connectivity index (χ0v) is 9.10. The van der Waals surface area contributed by atoms with Crippen molar-refractivity contribution in [1.29, 1.82) is 0 Å². The molecule has 1 aliphatic rings. The van der Waals surface area contributed by atoms with Crippen LogP contribution in [0.15, 0.2) is 0 Å². The van der Waals surface area contributed by atoms with Crippen molar-refractivity contribution in [1.82, 2.24) is 4.90 Å². The van der Waals surface area contributed by atoms with E-state index in [1.807, 2.05) is 11.8 Å². The van der Waals surface area contributed by atoms with E-state index in [1.54, 1.807) is 0 Å². The van der Waals surface area contributed by atoms with Gasteiger partial charge in [-0.15, -0.1) is 0 Å². The molecule has 0 radical (unpaired) electrons. The standard InChI is InChI=1S/C9H20N2S/c1-7(6-12-3)11(2)9-4-8(10)5-9/h7-9H,4-6,10H2,1-3H3. The number of thioether (sulfide) groups is 1. The molecule has 0 aromatic heterocycles. The molecule has 1 atom stereocenters. The number of nitrogens with two attached hydrogens (primary N) is 1. The number of hydrogen-bond donors (Lipinski definition) is 1. The van der Waals surface area contributed by atoms with Gasteiger partial charge in [0.05, 0.1) is 0 Å². The molecule has 12 heavy (non-hydrogen) atoms. The highest BCUT2D eigenvalue weighted by molar-refractivity contribution is 7.98. The highest BCUT2D eigenvalue weighted by atomic mass is 32.2. The van der Waals surface area contributed by atoms with Gasteiger partial charge < -0.3 is 5.73 Å². The van der Waals surface area contributed by atoms with E-state index in [4.69, 9.17) is 5.73 Å². The van der Waals surface area contributed by atoms with Crippen molar-refractivity contribution in [2.24, 2.45) is 5.73 Å². The van der Waals surface area contributed by atoms with Crippen LogP contribution < -0.4 is 5.73 Å². The van der Waals surface area contributed by atoms with Crippen molar-refractivity contribution in [2.75, 3.05) is 19.1 Å². The summed E-state index contributed by atoms with van der Waals surface area (Å²) in [5.41, 5.74) is 5.75. The zero-order chi connectivity index (χ0) is 9.14. The van der Waals surface area contributed by atoms with Crippen LogP contribution in [0.4, 0.5) is 0 Å². The normalized spacial score (nSPS) is 31.8. The van der Waals surface area contributed by atoms with Crippen molar-refractivity contribution in [3.8, 4) is 0 Å². The van der Waals surface area contributed by atoms with Crippen molar-refractivity contribution >= 4 is 11.8 Å². The van der Waals surface area contributed by atoms with Crippen LogP contribution >= 0.6 is 11.8 Å². The third kappa shape index (κ3) is 2.38. The Morgan fingerprint density at radius 2 is 2.17 bits per heavy atom. The minimum absolute atomic E-state index is 0.471. The molecular formula is C9H20N2S. The van der Waals surface area contributed by atoms with Crippen LogP contribution in [0.2, 0.25) is 0 Å². The Morgan fingerprint density at radius 1 is 1.58 bits per heavy atom. The molecule has 2 N–H and O–H groups in total. The van der Waals surface area contributed by atoms with Gasteiger partial charge >= 0.3 is 0 Å². The van der Waals surface area contributed by atoms with E-state index in [-0.39, 0.29) is 0 Å². The van der Waals surface area contributed by atoms with Gasteiger partial charge in [-0.3, -0.25) is 4.90 Å². The van der Waals surface area contributed by atoms with Gasteiger partial charge in [0, 0.05) is 23.9 Å². The van der Waals surface area contributed by atoms with Gasteiger partial charge in [0.2, 0.25) is 0 Å². The molecule has 72 valence electrons. The van der Waals surface area contributed by atoms with Gasteiger partial charge in [-0.25, -0.2) is 0 Å². The third-order valence-electron chi connectivity index (χ3n) is 2.83. The maximum absolute atomic E-state index is 5.75. The smallest absolute Gasteiger partial charge is 0.0157 e. The van der Waals surface area contributed by atoms with Crippen molar-refractivity contribution in [3.63, 3.8) is 0 Å². The lowest BCUT2D eigenvalue weighted by Crippen LogP contribution is -2.52. The molecule has 0 spiro atoms. The van der Waals surface area contributed by atoms with E-state index >= 15 is 0 Å². The molecule has 0 bridgehead atoms. The zero-order valence-electron chi connectivity index (χ0n) is 8.29. The highest BCUT2D eigenvalue weighted by Crippen LogP contribution is 2.24. The maximum Gasteiger partial charge on any atom is 0.0157 e. The molecule has 1 unspecified atom stereocenters. The Labute approximate surface area is 79.9 Å². The third-order valence-corrected chi connectivity index (χ3v) is 3.64. The number of hydrogen-bond acceptors (Lipinski definition) is 3. The Morgan fingerprint density at radius 3 is 2.58 bits per heavy atom. The SMILES string of the molecule is CSCC(C)N(C)C1CC(N)C1. The van der Waals surface area contributed by atoms with Gasteiger partial charge in [0.25, 0.3) is 0 Å². The molecule has 0 amide bonds. The molecule has 1 fully saturated rings. The fraction of sp³-hybridized carbons (Fsp3) is 1.00. The van der Waals surface area contributed by atoms with Crippen LogP contribution in [-0.2, 0) is 0 Å². The van der Waals surface area contributed by atoms with Crippen LogP contribution in [0.25, 0.3) is 0 Å². The number of nitrogens with zero attached hydrogens (tertiary/aromatic N) is 1. The molecule has 1 aliphatic carbocycles. The first kappa shape index (κ1) is 10.4. The topological polar surface area (TPSA) is 29.3 Å². The van der Waals surface area contributed by atoms with Gasteiger partial charge in [-0.1, -0.05) is 0 Å². The second-order valence-electron chi connectivity index (χ2n) is 3.86. The lowest BCUT2D eigenvalue weighted by atomic mass is 9.86. The van der Waals surface area contributed by atoms with Crippen molar-refractivity contribution in [3.05, 3.63) is 0 Å². The van der Waals surface area contributed by atoms with E-state index in [0.29, 0.717) is 12.1 Å². The summed E-state index contributed by atoms with van der Waals surface area (Å²) in [4.78, 5) is 2.47. The van der Waals surface area contributed by atoms with E-state index in [1.165, 1.54) is 18.6 Å². The predicted molar refractivity (Wildman–Crippen MR) is 56.6 cm³/mol. The monoisotopic (exact) mass is 188 g/mol. The first-order chi connectivity index (χ1) is 5.65. The number of rotatable bonds is 4. The summed E-state index contributed by atoms with van der Waals surface area (Å²) in [6, 6.07) is 1.92. The van der Waals surface area contributed by atoms with Gasteiger partial charge in [-0.2, -0.15) is 11.8 Å². The van der Waals surface area contributed by atoms with Crippen molar-refractivity contribution < 1.29 is 0 Å². The summed E-state index contributed by atoms with van der Waals surface area (Å²) in [5, 5.41) is 0. The Balaban J connectivity index is 2.22. The fourth-order valence-electron chi connectivity index (χ4n) is 1.68. The average Bonchev–Trinajstić information content (AvgIpc) is 1.98. The first-order valence-corrected chi connectivity index (χ1v) is 6.01. The van der Waals surface area contributed by atoms with E-state index in [0.717, 1.165) is 6.04 Å². The van der Waals surface area contributed by atoms with Crippen LogP contribution in [-0.4, -0.2) is 42.1 Å². The minimum Gasteiger partial charge on any atom is -0.328 e. The van der Waals surface area contributed by atoms with Gasteiger partial charge in [-0.05, 0) is 33.1 Å². The Kier molecular flexibility index (Phi) is 3.87. The van der Waals surface area contributed by atoms with Crippen LogP contribution in [0.3, 0.4) is 0 Å². The summed E-state index contributed by atoms with van der Waals surface area (Å²) in [7, 11) is 2.22. The molecule has 0 heterocycles.